The van der Waals surface area contributed by atoms with Crippen LogP contribution < -0.4 is 0 Å². The van der Waals surface area contributed by atoms with Crippen molar-refractivity contribution in [2.75, 3.05) is 0 Å². The van der Waals surface area contributed by atoms with Gasteiger partial charge in [0.2, 0.25) is 0 Å². The Kier molecular flexibility index (Phi) is 8.81. The van der Waals surface area contributed by atoms with Crippen LogP contribution in [-0.2, 0) is 10.8 Å². The van der Waals surface area contributed by atoms with Gasteiger partial charge in [0.25, 0.3) is 0 Å². The molecule has 1 spiro atoms. The number of aromatic nitrogens is 1. The summed E-state index contributed by atoms with van der Waals surface area (Å²) in [6, 6.07) is 87.1. The summed E-state index contributed by atoms with van der Waals surface area (Å²) in [5.74, 6) is 0. The van der Waals surface area contributed by atoms with Gasteiger partial charge in [0.1, 0.15) is 0 Å². The van der Waals surface area contributed by atoms with E-state index in [4.69, 9.17) is 4.98 Å². The molecule has 1 heterocycles. The summed E-state index contributed by atoms with van der Waals surface area (Å²) in [5, 5.41) is 0. The molecule has 1 aromatic heterocycles. The average Bonchev–Trinajstić information content (AvgIpc) is 3.67. The highest BCUT2D eigenvalue weighted by Gasteiger charge is 2.53. The van der Waals surface area contributed by atoms with Crippen LogP contribution in [0, 0.1) is 0 Å². The summed E-state index contributed by atoms with van der Waals surface area (Å²) in [4.78, 5) is 5.30. The van der Waals surface area contributed by atoms with E-state index < -0.39 is 5.41 Å². The lowest BCUT2D eigenvalue weighted by molar-refractivity contribution is 0.563. The van der Waals surface area contributed by atoms with Crippen molar-refractivity contribution in [3.63, 3.8) is 0 Å². The molecule has 10 aromatic rings. The molecule has 1 nitrogen and oxygen atoms in total. The van der Waals surface area contributed by atoms with Crippen molar-refractivity contribution in [1.82, 2.24) is 4.98 Å². The van der Waals surface area contributed by atoms with Crippen LogP contribution in [0.1, 0.15) is 47.2 Å². The van der Waals surface area contributed by atoms with Gasteiger partial charge < -0.3 is 0 Å². The van der Waals surface area contributed by atoms with Crippen molar-refractivity contribution in [1.29, 1.82) is 0 Å². The third-order valence-corrected chi connectivity index (χ3v) is 14.0. The SMILES string of the molecule is CC1(C)c2ccccc2C2(c3ccc(-c4ccc(-c5ccccc5-c5ccccc5)cc4)cc3-c3c(-c4cc(-c5ccccc5)nc(-c5ccccc5)c4)cccc32)c2ccccc21. The molecule has 12 rings (SSSR count). The molecule has 0 fully saturated rings. The lowest BCUT2D eigenvalue weighted by Crippen LogP contribution is -2.40. The molecular weight excluding hydrogens is 771 g/mol. The van der Waals surface area contributed by atoms with Crippen molar-refractivity contribution >= 4 is 0 Å². The zero-order valence-corrected chi connectivity index (χ0v) is 36.0. The van der Waals surface area contributed by atoms with Gasteiger partial charge in [0.05, 0.1) is 16.8 Å². The molecule has 0 bridgehead atoms. The summed E-state index contributed by atoms with van der Waals surface area (Å²) in [5.41, 5.74) is 23.7. The van der Waals surface area contributed by atoms with E-state index in [9.17, 15) is 0 Å². The van der Waals surface area contributed by atoms with Crippen LogP contribution in [0.3, 0.4) is 0 Å². The van der Waals surface area contributed by atoms with Gasteiger partial charge in [0, 0.05) is 16.5 Å². The third-order valence-electron chi connectivity index (χ3n) is 14.0. The molecule has 2 aliphatic carbocycles. The van der Waals surface area contributed by atoms with Gasteiger partial charge in [-0.2, -0.15) is 0 Å². The second-order valence-electron chi connectivity index (χ2n) is 17.8. The van der Waals surface area contributed by atoms with Gasteiger partial charge in [-0.15, -0.1) is 0 Å². The lowest BCUT2D eigenvalue weighted by Gasteiger charge is -2.46. The highest BCUT2D eigenvalue weighted by Crippen LogP contribution is 2.63. The van der Waals surface area contributed by atoms with Crippen molar-refractivity contribution in [3.05, 3.63) is 270 Å². The van der Waals surface area contributed by atoms with E-state index in [1.807, 2.05) is 0 Å². The maximum Gasteiger partial charge on any atom is 0.0719 e. The van der Waals surface area contributed by atoms with Crippen molar-refractivity contribution in [2.24, 2.45) is 0 Å². The van der Waals surface area contributed by atoms with E-state index in [-0.39, 0.29) is 5.41 Å². The molecule has 1 heteroatoms. The first-order valence-electron chi connectivity index (χ1n) is 22.4. The van der Waals surface area contributed by atoms with E-state index >= 15 is 0 Å². The van der Waals surface area contributed by atoms with E-state index in [1.165, 1.54) is 83.5 Å². The predicted molar refractivity (Wildman–Crippen MR) is 266 cm³/mol. The number of hydrogen-bond donors (Lipinski definition) is 0. The number of fused-ring (bicyclic) bond motifs is 9. The molecule has 0 amide bonds. The van der Waals surface area contributed by atoms with Crippen LogP contribution in [0.25, 0.3) is 78.1 Å². The van der Waals surface area contributed by atoms with Crippen LogP contribution in [0.5, 0.6) is 0 Å². The van der Waals surface area contributed by atoms with Crippen LogP contribution in [0.4, 0.5) is 0 Å². The average molecular weight is 816 g/mol. The Bertz CT molecular complexity index is 3270. The maximum atomic E-state index is 5.30. The minimum absolute atomic E-state index is 0.181. The van der Waals surface area contributed by atoms with Gasteiger partial charge in [-0.1, -0.05) is 232 Å². The van der Waals surface area contributed by atoms with Gasteiger partial charge in [-0.3, -0.25) is 0 Å². The number of nitrogens with zero attached hydrogens (tertiary/aromatic N) is 1. The molecule has 64 heavy (non-hydrogen) atoms. The van der Waals surface area contributed by atoms with Crippen molar-refractivity contribution in [3.8, 4) is 78.1 Å². The fourth-order valence-electron chi connectivity index (χ4n) is 11.0. The van der Waals surface area contributed by atoms with Gasteiger partial charge >= 0.3 is 0 Å². The van der Waals surface area contributed by atoms with E-state index in [0.717, 1.165) is 28.1 Å². The first-order chi connectivity index (χ1) is 31.5. The molecule has 2 aliphatic rings. The maximum absolute atomic E-state index is 5.30. The summed E-state index contributed by atoms with van der Waals surface area (Å²) < 4.78 is 0. The predicted octanol–water partition coefficient (Wildman–Crippen LogP) is 16.1. The number of benzene rings is 9. The monoisotopic (exact) mass is 815 g/mol. The molecule has 0 atom stereocenters. The molecule has 0 aliphatic heterocycles. The first-order valence-corrected chi connectivity index (χ1v) is 22.4. The summed E-state index contributed by atoms with van der Waals surface area (Å²) >= 11 is 0. The first kappa shape index (κ1) is 37.9. The van der Waals surface area contributed by atoms with E-state index in [0.29, 0.717) is 0 Å². The molecule has 0 radical (unpaired) electrons. The standard InChI is InChI=1S/C63H45N/c1-62(2)54-28-14-16-30-56(54)63(57-31-17-15-29-55(57)62)53-38-37-47(42-33-35-44(36-34-42)50-26-13-12-25-49(50)43-19-6-3-7-20-43)39-52(53)61-51(27-18-32-58(61)63)48-40-59(45-21-8-4-9-22-45)64-60(41-48)46-23-10-5-11-24-46/h3-41H,1-2H3. The van der Waals surface area contributed by atoms with Crippen molar-refractivity contribution < 1.29 is 0 Å². The van der Waals surface area contributed by atoms with Crippen molar-refractivity contribution in [2.45, 2.75) is 24.7 Å². The summed E-state index contributed by atoms with van der Waals surface area (Å²) in [7, 11) is 0. The second kappa shape index (κ2) is 14.9. The molecule has 0 saturated carbocycles. The minimum Gasteiger partial charge on any atom is -0.248 e. The highest BCUT2D eigenvalue weighted by atomic mass is 14.7. The molecule has 302 valence electrons. The zero-order chi connectivity index (χ0) is 42.8. The molecular formula is C63H45N. The Morgan fingerprint density at radius 1 is 0.266 bits per heavy atom. The molecule has 0 saturated heterocycles. The number of rotatable bonds is 6. The second-order valence-corrected chi connectivity index (χ2v) is 17.8. The molecule has 0 unspecified atom stereocenters. The van der Waals surface area contributed by atoms with Gasteiger partial charge in [-0.25, -0.2) is 4.98 Å². The largest absolute Gasteiger partial charge is 0.248 e. The highest BCUT2D eigenvalue weighted by molar-refractivity contribution is 5.99. The van der Waals surface area contributed by atoms with Crippen LogP contribution in [0.2, 0.25) is 0 Å². The van der Waals surface area contributed by atoms with Crippen LogP contribution in [-0.4, -0.2) is 4.98 Å². The normalized spacial score (nSPS) is 13.7. The minimum atomic E-state index is -0.523. The molecule has 9 aromatic carbocycles. The quantitative estimate of drug-likeness (QED) is 0.163. The number of hydrogen-bond acceptors (Lipinski definition) is 1. The number of pyridine rings is 1. The Morgan fingerprint density at radius 2 is 0.688 bits per heavy atom. The van der Waals surface area contributed by atoms with Gasteiger partial charge in [0.15, 0.2) is 0 Å². The Labute approximate surface area is 376 Å². The topological polar surface area (TPSA) is 12.9 Å². The summed E-state index contributed by atoms with van der Waals surface area (Å²) in [6.07, 6.45) is 0. The molecule has 0 N–H and O–H groups in total. The van der Waals surface area contributed by atoms with E-state index in [2.05, 4.69) is 250 Å². The Hall–Kier alpha value is -7.87. The van der Waals surface area contributed by atoms with E-state index in [1.54, 1.807) is 0 Å². The Balaban J connectivity index is 1.10. The smallest absolute Gasteiger partial charge is 0.0719 e. The van der Waals surface area contributed by atoms with Crippen LogP contribution in [0.15, 0.2) is 237 Å². The third kappa shape index (κ3) is 5.81. The summed E-state index contributed by atoms with van der Waals surface area (Å²) in [6.45, 7) is 4.78. The Morgan fingerprint density at radius 3 is 1.25 bits per heavy atom. The van der Waals surface area contributed by atoms with Crippen LogP contribution >= 0.6 is 0 Å². The van der Waals surface area contributed by atoms with Gasteiger partial charge in [-0.05, 0) is 107 Å². The zero-order valence-electron chi connectivity index (χ0n) is 36.0. The fraction of sp³-hybridized carbons (Fsp3) is 0.0635. The lowest BCUT2D eigenvalue weighted by atomic mass is 9.55. The fourth-order valence-corrected chi connectivity index (χ4v) is 11.0.